The number of hydrogen-bond acceptors (Lipinski definition) is 4. The molecule has 1 atom stereocenters. The van der Waals surface area contributed by atoms with E-state index in [9.17, 15) is 4.79 Å². The number of fused-ring (bicyclic) bond motifs is 2. The van der Waals surface area contributed by atoms with E-state index in [0.29, 0.717) is 25.3 Å². The summed E-state index contributed by atoms with van der Waals surface area (Å²) < 4.78 is 11.2. The van der Waals surface area contributed by atoms with E-state index < -0.39 is 0 Å². The zero-order chi connectivity index (χ0) is 15.8. The van der Waals surface area contributed by atoms with Crippen LogP contribution in [-0.4, -0.2) is 30.6 Å². The second-order valence-electron chi connectivity index (χ2n) is 5.59. The van der Waals surface area contributed by atoms with Crippen LogP contribution >= 0.6 is 0 Å². The topological polar surface area (TPSA) is 50.8 Å². The standard InChI is InChI=1S/C18H18N2O3/c1-2-20-17(19-14-6-4-3-5-13(14)18(20)21)12-7-8-15-16(11-12)23-10-9-22-15/h3-8,11,17,19H,2,9-10H2,1H3. The normalized spacial score (nSPS) is 19.1. The molecule has 1 unspecified atom stereocenters. The smallest absolute Gasteiger partial charge is 0.257 e. The summed E-state index contributed by atoms with van der Waals surface area (Å²) in [7, 11) is 0. The predicted octanol–water partition coefficient (Wildman–Crippen LogP) is 3.04. The van der Waals surface area contributed by atoms with Crippen molar-refractivity contribution in [1.29, 1.82) is 0 Å². The Labute approximate surface area is 134 Å². The number of carbonyl (C=O) groups excluding carboxylic acids is 1. The van der Waals surface area contributed by atoms with E-state index in [4.69, 9.17) is 9.47 Å². The molecule has 0 aliphatic carbocycles. The van der Waals surface area contributed by atoms with Gasteiger partial charge in [-0.2, -0.15) is 0 Å². The Morgan fingerprint density at radius 1 is 1.13 bits per heavy atom. The minimum atomic E-state index is -0.210. The van der Waals surface area contributed by atoms with E-state index in [2.05, 4.69) is 5.32 Å². The number of carbonyl (C=O) groups is 1. The van der Waals surface area contributed by atoms with Crippen LogP contribution in [0, 0.1) is 0 Å². The second-order valence-corrected chi connectivity index (χ2v) is 5.59. The van der Waals surface area contributed by atoms with E-state index in [1.807, 2.05) is 54.3 Å². The molecular weight excluding hydrogens is 292 g/mol. The Hall–Kier alpha value is -2.69. The first kappa shape index (κ1) is 13.9. The molecule has 4 rings (SSSR count). The first-order valence-electron chi connectivity index (χ1n) is 7.84. The number of hydrogen-bond donors (Lipinski definition) is 1. The molecular formula is C18H18N2O3. The second kappa shape index (κ2) is 5.50. The van der Waals surface area contributed by atoms with Gasteiger partial charge in [-0.3, -0.25) is 4.79 Å². The van der Waals surface area contributed by atoms with Gasteiger partial charge in [0.2, 0.25) is 0 Å². The van der Waals surface area contributed by atoms with Crippen LogP contribution in [-0.2, 0) is 0 Å². The number of amides is 1. The van der Waals surface area contributed by atoms with Gasteiger partial charge in [-0.1, -0.05) is 18.2 Å². The van der Waals surface area contributed by atoms with Crippen molar-refractivity contribution in [1.82, 2.24) is 4.90 Å². The summed E-state index contributed by atoms with van der Waals surface area (Å²) in [6.07, 6.45) is -0.210. The Kier molecular flexibility index (Phi) is 3.33. The molecule has 1 amide bonds. The molecule has 5 nitrogen and oxygen atoms in total. The van der Waals surface area contributed by atoms with Crippen molar-refractivity contribution in [3.63, 3.8) is 0 Å². The Balaban J connectivity index is 1.74. The Bertz CT molecular complexity index is 760. The molecule has 2 aliphatic heterocycles. The van der Waals surface area contributed by atoms with E-state index >= 15 is 0 Å². The van der Waals surface area contributed by atoms with E-state index in [1.165, 1.54) is 0 Å². The number of nitrogens with zero attached hydrogens (tertiary/aromatic N) is 1. The van der Waals surface area contributed by atoms with Gasteiger partial charge in [-0.25, -0.2) is 0 Å². The largest absolute Gasteiger partial charge is 0.486 e. The SMILES string of the molecule is CCN1C(=O)c2ccccc2NC1c1ccc2c(c1)OCCO2. The molecule has 0 radical (unpaired) electrons. The van der Waals surface area contributed by atoms with E-state index in [0.717, 1.165) is 22.7 Å². The van der Waals surface area contributed by atoms with Crippen molar-refractivity contribution >= 4 is 11.6 Å². The van der Waals surface area contributed by atoms with E-state index in [1.54, 1.807) is 0 Å². The van der Waals surface area contributed by atoms with Gasteiger partial charge in [0, 0.05) is 12.2 Å². The quantitative estimate of drug-likeness (QED) is 0.926. The van der Waals surface area contributed by atoms with Gasteiger partial charge in [-0.15, -0.1) is 0 Å². The molecule has 2 aromatic carbocycles. The fourth-order valence-electron chi connectivity index (χ4n) is 3.11. The Morgan fingerprint density at radius 3 is 2.74 bits per heavy atom. The highest BCUT2D eigenvalue weighted by molar-refractivity contribution is 6.01. The number of benzene rings is 2. The lowest BCUT2D eigenvalue weighted by Gasteiger charge is -2.37. The molecule has 0 bridgehead atoms. The maximum Gasteiger partial charge on any atom is 0.257 e. The van der Waals surface area contributed by atoms with Gasteiger partial charge in [0.15, 0.2) is 11.5 Å². The molecule has 1 N–H and O–H groups in total. The molecule has 0 saturated heterocycles. The lowest BCUT2D eigenvalue weighted by atomic mass is 10.0. The van der Waals surface area contributed by atoms with Crippen LogP contribution in [0.25, 0.3) is 0 Å². The third-order valence-corrected chi connectivity index (χ3v) is 4.24. The van der Waals surface area contributed by atoms with Crippen molar-refractivity contribution in [2.75, 3.05) is 25.1 Å². The number of ether oxygens (including phenoxy) is 2. The van der Waals surface area contributed by atoms with Crippen molar-refractivity contribution in [2.24, 2.45) is 0 Å². The highest BCUT2D eigenvalue weighted by atomic mass is 16.6. The van der Waals surface area contributed by atoms with Crippen LogP contribution in [0.5, 0.6) is 11.5 Å². The number of anilines is 1. The summed E-state index contributed by atoms with van der Waals surface area (Å²) in [5.41, 5.74) is 2.56. The van der Waals surface area contributed by atoms with Crippen molar-refractivity contribution in [3.05, 3.63) is 53.6 Å². The van der Waals surface area contributed by atoms with Crippen LogP contribution < -0.4 is 14.8 Å². The molecule has 2 aliphatic rings. The summed E-state index contributed by atoms with van der Waals surface area (Å²) in [4.78, 5) is 14.6. The highest BCUT2D eigenvalue weighted by Crippen LogP contribution is 2.37. The average molecular weight is 310 g/mol. The van der Waals surface area contributed by atoms with Crippen LogP contribution in [0.3, 0.4) is 0 Å². The third-order valence-electron chi connectivity index (χ3n) is 4.24. The molecule has 23 heavy (non-hydrogen) atoms. The minimum Gasteiger partial charge on any atom is -0.486 e. The molecule has 2 heterocycles. The predicted molar refractivity (Wildman–Crippen MR) is 86.9 cm³/mol. The Morgan fingerprint density at radius 2 is 1.91 bits per heavy atom. The fraction of sp³-hybridized carbons (Fsp3) is 0.278. The molecule has 0 spiro atoms. The van der Waals surface area contributed by atoms with Gasteiger partial charge in [0.05, 0.1) is 5.56 Å². The van der Waals surface area contributed by atoms with Crippen LogP contribution in [0.15, 0.2) is 42.5 Å². The third kappa shape index (κ3) is 2.29. The average Bonchev–Trinajstić information content (AvgIpc) is 2.61. The summed E-state index contributed by atoms with van der Waals surface area (Å²) in [6, 6.07) is 13.5. The zero-order valence-corrected chi connectivity index (χ0v) is 12.9. The van der Waals surface area contributed by atoms with E-state index in [-0.39, 0.29) is 12.1 Å². The minimum absolute atomic E-state index is 0.0433. The summed E-state index contributed by atoms with van der Waals surface area (Å²) in [5, 5.41) is 3.46. The number of rotatable bonds is 2. The van der Waals surface area contributed by atoms with Crippen molar-refractivity contribution < 1.29 is 14.3 Å². The lowest BCUT2D eigenvalue weighted by Crippen LogP contribution is -2.42. The maximum absolute atomic E-state index is 12.8. The van der Waals surface area contributed by atoms with Gasteiger partial charge in [-0.05, 0) is 36.8 Å². The first-order chi connectivity index (χ1) is 11.3. The first-order valence-corrected chi connectivity index (χ1v) is 7.84. The molecule has 118 valence electrons. The fourth-order valence-corrected chi connectivity index (χ4v) is 3.11. The van der Waals surface area contributed by atoms with Crippen molar-refractivity contribution in [2.45, 2.75) is 13.1 Å². The van der Waals surface area contributed by atoms with Gasteiger partial charge in [0.1, 0.15) is 19.4 Å². The van der Waals surface area contributed by atoms with Crippen LogP contribution in [0.2, 0.25) is 0 Å². The lowest BCUT2D eigenvalue weighted by molar-refractivity contribution is 0.0694. The van der Waals surface area contributed by atoms with Crippen LogP contribution in [0.4, 0.5) is 5.69 Å². The van der Waals surface area contributed by atoms with Gasteiger partial charge in [0.25, 0.3) is 5.91 Å². The summed E-state index contributed by atoms with van der Waals surface area (Å²) in [6.45, 7) is 3.73. The number of para-hydroxylation sites is 1. The molecule has 0 aromatic heterocycles. The zero-order valence-electron chi connectivity index (χ0n) is 12.9. The van der Waals surface area contributed by atoms with Gasteiger partial charge >= 0.3 is 0 Å². The molecule has 0 saturated carbocycles. The highest BCUT2D eigenvalue weighted by Gasteiger charge is 2.32. The van der Waals surface area contributed by atoms with Crippen molar-refractivity contribution in [3.8, 4) is 11.5 Å². The van der Waals surface area contributed by atoms with Gasteiger partial charge < -0.3 is 19.7 Å². The summed E-state index contributed by atoms with van der Waals surface area (Å²) >= 11 is 0. The monoisotopic (exact) mass is 310 g/mol. The number of nitrogens with one attached hydrogen (secondary N) is 1. The van der Waals surface area contributed by atoms with Crippen LogP contribution in [0.1, 0.15) is 29.0 Å². The maximum atomic E-state index is 12.8. The summed E-state index contributed by atoms with van der Waals surface area (Å²) in [5.74, 6) is 1.53. The molecule has 5 heteroatoms. The molecule has 2 aromatic rings. The molecule has 0 fully saturated rings.